The van der Waals surface area contributed by atoms with Crippen LogP contribution in [0.25, 0.3) is 53.9 Å². The van der Waals surface area contributed by atoms with Crippen molar-refractivity contribution in [2.45, 2.75) is 23.6 Å². The van der Waals surface area contributed by atoms with Crippen LogP contribution in [0.3, 0.4) is 0 Å². The summed E-state index contributed by atoms with van der Waals surface area (Å²) in [7, 11) is 0. The van der Waals surface area contributed by atoms with Gasteiger partial charge in [-0.2, -0.15) is 0 Å². The van der Waals surface area contributed by atoms with Crippen molar-refractivity contribution in [1.29, 1.82) is 0 Å². The lowest BCUT2D eigenvalue weighted by Gasteiger charge is -2.09. The topological polar surface area (TPSA) is 0 Å². The molecule has 0 saturated heterocycles. The third kappa shape index (κ3) is 3.97. The number of hydrogen-bond donors (Lipinski definition) is 0. The van der Waals surface area contributed by atoms with E-state index >= 15 is 0 Å². The van der Waals surface area contributed by atoms with Gasteiger partial charge in [0.25, 0.3) is 0 Å². The van der Waals surface area contributed by atoms with Gasteiger partial charge in [-0.25, -0.2) is 0 Å². The fourth-order valence-corrected chi connectivity index (χ4v) is 7.85. The number of fused-ring (bicyclic) bond motifs is 4. The predicted molar refractivity (Wildman–Crippen MR) is 161 cm³/mol. The molecule has 0 saturated carbocycles. The molecular formula is C30H24S4. The average molecular weight is 513 g/mol. The second-order valence-corrected chi connectivity index (χ2v) is 13.0. The highest BCUT2D eigenvalue weighted by Crippen LogP contribution is 2.36. The van der Waals surface area contributed by atoms with E-state index in [2.05, 4.69) is 99.2 Å². The van der Waals surface area contributed by atoms with Crippen molar-refractivity contribution in [1.82, 2.24) is 0 Å². The van der Waals surface area contributed by atoms with Gasteiger partial charge in [-0.05, 0) is 130 Å². The Kier molecular flexibility index (Phi) is 5.73. The quantitative estimate of drug-likeness (QED) is 0.170. The monoisotopic (exact) mass is 512 g/mol. The van der Waals surface area contributed by atoms with Crippen molar-refractivity contribution in [2.24, 2.45) is 0 Å². The second kappa shape index (κ2) is 8.76. The highest BCUT2D eigenvalue weighted by Gasteiger charge is 2.09. The zero-order valence-electron chi connectivity index (χ0n) is 19.6. The Balaban J connectivity index is 1.46. The van der Waals surface area contributed by atoms with Crippen molar-refractivity contribution in [3.8, 4) is 0 Å². The molecule has 34 heavy (non-hydrogen) atoms. The number of hydrogen-bond acceptors (Lipinski definition) is 4. The minimum Gasteiger partial charge on any atom is -0.141 e. The van der Waals surface area contributed by atoms with Gasteiger partial charge < -0.3 is 0 Å². The summed E-state index contributed by atoms with van der Waals surface area (Å²) in [4.78, 5) is 5.37. The summed E-state index contributed by atoms with van der Waals surface area (Å²) in [5.41, 5.74) is 2.56. The first kappa shape index (κ1) is 22.2. The Labute approximate surface area is 216 Å². The SMILES string of the molecule is CSc1cc2cc3sc(C)cc3cc2cc1/C=C/c1cc2cc3cc(C)sc3cc2cc1SC. The summed E-state index contributed by atoms with van der Waals surface area (Å²) >= 11 is 7.39. The molecule has 6 aromatic rings. The van der Waals surface area contributed by atoms with Crippen LogP contribution in [0.2, 0.25) is 0 Å². The first-order valence-electron chi connectivity index (χ1n) is 11.2. The fourth-order valence-electron chi connectivity index (χ4n) is 4.73. The van der Waals surface area contributed by atoms with E-state index in [1.165, 1.54) is 72.4 Å². The van der Waals surface area contributed by atoms with Gasteiger partial charge in [0, 0.05) is 28.9 Å². The highest BCUT2D eigenvalue weighted by molar-refractivity contribution is 7.99. The number of rotatable bonds is 4. The minimum absolute atomic E-state index is 1.28. The van der Waals surface area contributed by atoms with E-state index in [4.69, 9.17) is 0 Å². The predicted octanol–water partition coefficient (Wildman–Crippen LogP) is 10.7. The lowest BCUT2D eigenvalue weighted by atomic mass is 10.0. The smallest absolute Gasteiger partial charge is 0.0351 e. The third-order valence-corrected chi connectivity index (χ3v) is 9.95. The van der Waals surface area contributed by atoms with Crippen LogP contribution in [0.5, 0.6) is 0 Å². The van der Waals surface area contributed by atoms with Gasteiger partial charge in [0.2, 0.25) is 0 Å². The van der Waals surface area contributed by atoms with E-state index < -0.39 is 0 Å². The Hall–Kier alpha value is -2.24. The van der Waals surface area contributed by atoms with E-state index in [9.17, 15) is 0 Å². The molecule has 0 bridgehead atoms. The van der Waals surface area contributed by atoms with Gasteiger partial charge in [0.1, 0.15) is 0 Å². The molecule has 0 aliphatic carbocycles. The molecular weight excluding hydrogens is 489 g/mol. The second-order valence-electron chi connectivity index (χ2n) is 8.71. The fraction of sp³-hybridized carbons (Fsp3) is 0.133. The average Bonchev–Trinajstić information content (AvgIpc) is 3.37. The van der Waals surface area contributed by atoms with Crippen LogP contribution in [-0.2, 0) is 0 Å². The first-order valence-corrected chi connectivity index (χ1v) is 15.3. The Morgan fingerprint density at radius 3 is 1.32 bits per heavy atom. The number of thiophene rings is 2. The summed E-state index contributed by atoms with van der Waals surface area (Å²) in [5, 5.41) is 7.94. The molecule has 0 unspecified atom stereocenters. The number of aryl methyl sites for hydroxylation is 2. The molecule has 168 valence electrons. The molecule has 0 fully saturated rings. The molecule has 4 heteroatoms. The molecule has 0 atom stereocenters. The van der Waals surface area contributed by atoms with E-state index in [1.54, 1.807) is 0 Å². The summed E-state index contributed by atoms with van der Waals surface area (Å²) in [6.07, 6.45) is 8.93. The zero-order chi connectivity index (χ0) is 23.4. The Bertz CT molecular complexity index is 1620. The number of thioether (sulfide) groups is 2. The van der Waals surface area contributed by atoms with Crippen LogP contribution in [-0.4, -0.2) is 12.5 Å². The summed E-state index contributed by atoms with van der Waals surface area (Å²) in [6, 6.07) is 23.4. The molecule has 0 N–H and O–H groups in total. The van der Waals surface area contributed by atoms with Crippen molar-refractivity contribution in [2.75, 3.05) is 12.5 Å². The summed E-state index contributed by atoms with van der Waals surface area (Å²) in [6.45, 7) is 4.38. The van der Waals surface area contributed by atoms with Crippen molar-refractivity contribution in [3.05, 3.63) is 81.5 Å². The van der Waals surface area contributed by atoms with Crippen molar-refractivity contribution in [3.63, 3.8) is 0 Å². The summed E-state index contributed by atoms with van der Waals surface area (Å²) < 4.78 is 2.74. The van der Waals surface area contributed by atoms with Gasteiger partial charge >= 0.3 is 0 Å². The molecule has 2 aromatic heterocycles. The van der Waals surface area contributed by atoms with E-state index in [1.807, 2.05) is 46.2 Å². The van der Waals surface area contributed by atoms with Gasteiger partial charge in [-0.1, -0.05) is 12.2 Å². The maximum atomic E-state index is 2.35. The van der Waals surface area contributed by atoms with E-state index in [0.717, 1.165) is 0 Å². The molecule has 0 aliphatic rings. The summed E-state index contributed by atoms with van der Waals surface area (Å²) in [5.74, 6) is 0. The minimum atomic E-state index is 1.28. The Morgan fingerprint density at radius 1 is 0.500 bits per heavy atom. The Morgan fingerprint density at radius 2 is 0.912 bits per heavy atom. The highest BCUT2D eigenvalue weighted by atomic mass is 32.2. The molecule has 0 aliphatic heterocycles. The molecule has 0 amide bonds. The number of benzene rings is 4. The first-order chi connectivity index (χ1) is 16.5. The molecule has 0 spiro atoms. The van der Waals surface area contributed by atoms with Crippen LogP contribution in [0.4, 0.5) is 0 Å². The molecule has 0 nitrogen and oxygen atoms in total. The van der Waals surface area contributed by atoms with Crippen LogP contribution in [0.1, 0.15) is 20.9 Å². The van der Waals surface area contributed by atoms with Crippen LogP contribution < -0.4 is 0 Å². The molecule has 4 aromatic carbocycles. The van der Waals surface area contributed by atoms with Gasteiger partial charge in [0.05, 0.1) is 0 Å². The van der Waals surface area contributed by atoms with Crippen LogP contribution in [0, 0.1) is 13.8 Å². The van der Waals surface area contributed by atoms with Crippen LogP contribution in [0.15, 0.2) is 70.5 Å². The lowest BCUT2D eigenvalue weighted by Crippen LogP contribution is -1.84. The van der Waals surface area contributed by atoms with Crippen molar-refractivity contribution < 1.29 is 0 Å². The largest absolute Gasteiger partial charge is 0.141 e. The maximum Gasteiger partial charge on any atom is 0.0351 e. The lowest BCUT2D eigenvalue weighted by molar-refractivity contribution is 1.46. The van der Waals surface area contributed by atoms with Gasteiger partial charge in [0.15, 0.2) is 0 Å². The third-order valence-electron chi connectivity index (χ3n) is 6.34. The standard InChI is InChI=1S/C30H24S4/c1-17-7-25-11-21-9-19(27(31-3)13-23(21)15-29(25)33-17)5-6-20-10-22-12-26-8-18(2)34-30(26)16-24(22)14-28(20)32-4/h5-16H,1-4H3/b6-5+. The molecule has 6 rings (SSSR count). The van der Waals surface area contributed by atoms with Crippen LogP contribution >= 0.6 is 46.2 Å². The normalized spacial score (nSPS) is 12.2. The van der Waals surface area contributed by atoms with E-state index in [0.29, 0.717) is 0 Å². The molecule has 0 radical (unpaired) electrons. The van der Waals surface area contributed by atoms with E-state index in [-0.39, 0.29) is 0 Å². The van der Waals surface area contributed by atoms with Gasteiger partial charge in [-0.15, -0.1) is 46.2 Å². The zero-order valence-corrected chi connectivity index (χ0v) is 22.8. The molecule has 2 heterocycles. The maximum absolute atomic E-state index is 2.35. The van der Waals surface area contributed by atoms with Gasteiger partial charge in [-0.3, -0.25) is 0 Å². The van der Waals surface area contributed by atoms with Crippen molar-refractivity contribution >= 4 is 100 Å².